The molecule has 0 saturated carbocycles. The van der Waals surface area contributed by atoms with Crippen molar-refractivity contribution in [2.45, 2.75) is 10.6 Å². The van der Waals surface area contributed by atoms with Gasteiger partial charge in [-0.3, -0.25) is 0 Å². The minimum atomic E-state index is -3.23. The van der Waals surface area contributed by atoms with Crippen LogP contribution in [0.2, 0.25) is 0 Å². The molecule has 2 nitrogen and oxygen atoms in total. The SMILES string of the molecule is O=S(=O)(Cc1cccc(I)c1)c1ccccc1. The molecule has 0 aliphatic carbocycles. The Balaban J connectivity index is 2.30. The molecule has 0 unspecified atom stereocenters. The van der Waals surface area contributed by atoms with Crippen LogP contribution in [0.1, 0.15) is 5.56 Å². The summed E-state index contributed by atoms with van der Waals surface area (Å²) in [6, 6.07) is 16.1. The number of halogens is 1. The van der Waals surface area contributed by atoms with Gasteiger partial charge in [0.15, 0.2) is 9.84 Å². The lowest BCUT2D eigenvalue weighted by Crippen LogP contribution is -2.04. The van der Waals surface area contributed by atoms with E-state index in [1.165, 1.54) is 0 Å². The van der Waals surface area contributed by atoms with E-state index in [4.69, 9.17) is 0 Å². The zero-order valence-electron chi connectivity index (χ0n) is 9.01. The van der Waals surface area contributed by atoms with Crippen molar-refractivity contribution in [3.05, 3.63) is 63.7 Å². The smallest absolute Gasteiger partial charge is 0.182 e. The number of hydrogen-bond donors (Lipinski definition) is 0. The zero-order valence-corrected chi connectivity index (χ0v) is 12.0. The molecule has 4 heteroatoms. The Morgan fingerprint density at radius 1 is 0.941 bits per heavy atom. The normalized spacial score (nSPS) is 11.4. The second-order valence-electron chi connectivity index (χ2n) is 3.70. The molecule has 0 N–H and O–H groups in total. The summed E-state index contributed by atoms with van der Waals surface area (Å²) >= 11 is 2.18. The van der Waals surface area contributed by atoms with Crippen molar-refractivity contribution in [3.63, 3.8) is 0 Å². The molecule has 0 saturated heterocycles. The zero-order chi connectivity index (χ0) is 12.3. The Labute approximate surface area is 115 Å². The molecular weight excluding hydrogens is 347 g/mol. The van der Waals surface area contributed by atoms with Crippen molar-refractivity contribution in [1.29, 1.82) is 0 Å². The van der Waals surface area contributed by atoms with E-state index in [0.717, 1.165) is 9.13 Å². The van der Waals surface area contributed by atoms with Crippen molar-refractivity contribution in [2.24, 2.45) is 0 Å². The van der Waals surface area contributed by atoms with Crippen molar-refractivity contribution >= 4 is 32.4 Å². The minimum Gasteiger partial charge on any atom is -0.223 e. The summed E-state index contributed by atoms with van der Waals surface area (Å²) in [6.45, 7) is 0. The standard InChI is InChI=1S/C13H11IO2S/c14-12-6-4-5-11(9-12)10-17(15,16)13-7-2-1-3-8-13/h1-9H,10H2. The monoisotopic (exact) mass is 358 g/mol. The molecule has 0 aliphatic rings. The Hall–Kier alpha value is -0.880. The third-order valence-corrected chi connectivity index (χ3v) is 4.72. The van der Waals surface area contributed by atoms with Gasteiger partial charge in [0.25, 0.3) is 0 Å². The fourth-order valence-corrected chi connectivity index (χ4v) is 3.52. The molecule has 0 heterocycles. The quantitative estimate of drug-likeness (QED) is 0.790. The van der Waals surface area contributed by atoms with Crippen molar-refractivity contribution in [2.75, 3.05) is 0 Å². The average Bonchev–Trinajstić information content (AvgIpc) is 2.29. The molecule has 88 valence electrons. The highest BCUT2D eigenvalue weighted by atomic mass is 127. The van der Waals surface area contributed by atoms with Crippen LogP contribution in [0.25, 0.3) is 0 Å². The number of sulfone groups is 1. The van der Waals surface area contributed by atoms with Gasteiger partial charge in [-0.2, -0.15) is 0 Å². The number of rotatable bonds is 3. The Morgan fingerprint density at radius 3 is 2.29 bits per heavy atom. The van der Waals surface area contributed by atoms with Gasteiger partial charge in [0.2, 0.25) is 0 Å². The van der Waals surface area contributed by atoms with E-state index >= 15 is 0 Å². The van der Waals surface area contributed by atoms with Crippen LogP contribution >= 0.6 is 22.6 Å². The first-order valence-corrected chi connectivity index (χ1v) is 7.83. The predicted molar refractivity (Wildman–Crippen MR) is 76.5 cm³/mol. The van der Waals surface area contributed by atoms with E-state index in [2.05, 4.69) is 22.6 Å². The first-order chi connectivity index (χ1) is 8.08. The maximum absolute atomic E-state index is 12.1. The van der Waals surface area contributed by atoms with Crippen LogP contribution in [0, 0.1) is 3.57 Å². The van der Waals surface area contributed by atoms with Gasteiger partial charge >= 0.3 is 0 Å². The fraction of sp³-hybridized carbons (Fsp3) is 0.0769. The molecule has 0 bridgehead atoms. The first kappa shape index (κ1) is 12.6. The van der Waals surface area contributed by atoms with Crippen LogP contribution in [0.3, 0.4) is 0 Å². The van der Waals surface area contributed by atoms with Crippen LogP contribution in [0.4, 0.5) is 0 Å². The van der Waals surface area contributed by atoms with Crippen LogP contribution in [0.5, 0.6) is 0 Å². The Morgan fingerprint density at radius 2 is 1.65 bits per heavy atom. The van der Waals surface area contributed by atoms with Gasteiger partial charge in [0, 0.05) is 3.57 Å². The summed E-state index contributed by atoms with van der Waals surface area (Å²) in [5.41, 5.74) is 0.820. The van der Waals surface area contributed by atoms with E-state index in [0.29, 0.717) is 4.90 Å². The Kier molecular flexibility index (Phi) is 3.83. The summed E-state index contributed by atoms with van der Waals surface area (Å²) < 4.78 is 25.3. The number of benzene rings is 2. The van der Waals surface area contributed by atoms with E-state index in [1.807, 2.05) is 30.3 Å². The summed E-state index contributed by atoms with van der Waals surface area (Å²) in [5.74, 6) is 0.0495. The summed E-state index contributed by atoms with van der Waals surface area (Å²) in [4.78, 5) is 0.374. The van der Waals surface area contributed by atoms with Crippen molar-refractivity contribution in [1.82, 2.24) is 0 Å². The average molecular weight is 358 g/mol. The van der Waals surface area contributed by atoms with Crippen LogP contribution in [0.15, 0.2) is 59.5 Å². The second kappa shape index (κ2) is 5.18. The molecule has 0 amide bonds. The van der Waals surface area contributed by atoms with Crippen LogP contribution < -0.4 is 0 Å². The lowest BCUT2D eigenvalue weighted by molar-refractivity contribution is 0.595. The van der Waals surface area contributed by atoms with E-state index in [9.17, 15) is 8.42 Å². The first-order valence-electron chi connectivity index (χ1n) is 5.10. The molecule has 0 aromatic heterocycles. The molecule has 2 aromatic rings. The van der Waals surface area contributed by atoms with Gasteiger partial charge in [-0.05, 0) is 52.4 Å². The van der Waals surface area contributed by atoms with E-state index in [1.54, 1.807) is 24.3 Å². The summed E-state index contributed by atoms with van der Waals surface area (Å²) in [6.07, 6.45) is 0. The number of hydrogen-bond acceptors (Lipinski definition) is 2. The highest BCUT2D eigenvalue weighted by Gasteiger charge is 2.14. The summed E-state index contributed by atoms with van der Waals surface area (Å²) in [7, 11) is -3.23. The molecule has 0 spiro atoms. The fourth-order valence-electron chi connectivity index (χ4n) is 1.56. The maximum Gasteiger partial charge on any atom is 0.182 e. The van der Waals surface area contributed by atoms with Gasteiger partial charge in [-0.1, -0.05) is 30.3 Å². The third-order valence-electron chi connectivity index (χ3n) is 2.35. The molecule has 2 aromatic carbocycles. The molecule has 0 radical (unpaired) electrons. The lowest BCUT2D eigenvalue weighted by Gasteiger charge is -2.04. The van der Waals surface area contributed by atoms with Crippen LogP contribution in [-0.2, 0) is 15.6 Å². The van der Waals surface area contributed by atoms with Gasteiger partial charge in [0.1, 0.15) is 0 Å². The van der Waals surface area contributed by atoms with E-state index < -0.39 is 9.84 Å². The molecule has 0 atom stereocenters. The third kappa shape index (κ3) is 3.29. The van der Waals surface area contributed by atoms with Crippen molar-refractivity contribution < 1.29 is 8.42 Å². The topological polar surface area (TPSA) is 34.1 Å². The highest BCUT2D eigenvalue weighted by molar-refractivity contribution is 14.1. The van der Waals surface area contributed by atoms with Gasteiger partial charge in [-0.25, -0.2) is 8.42 Å². The van der Waals surface area contributed by atoms with Crippen molar-refractivity contribution in [3.8, 4) is 0 Å². The maximum atomic E-state index is 12.1. The van der Waals surface area contributed by atoms with Gasteiger partial charge in [0.05, 0.1) is 10.6 Å². The predicted octanol–water partition coefficient (Wildman–Crippen LogP) is 3.27. The minimum absolute atomic E-state index is 0.0495. The van der Waals surface area contributed by atoms with Gasteiger partial charge in [-0.15, -0.1) is 0 Å². The largest absolute Gasteiger partial charge is 0.223 e. The molecule has 17 heavy (non-hydrogen) atoms. The lowest BCUT2D eigenvalue weighted by atomic mass is 10.2. The summed E-state index contributed by atoms with van der Waals surface area (Å²) in [5, 5.41) is 0. The van der Waals surface area contributed by atoms with E-state index in [-0.39, 0.29) is 5.75 Å². The molecular formula is C13H11IO2S. The van der Waals surface area contributed by atoms with Crippen LogP contribution in [-0.4, -0.2) is 8.42 Å². The highest BCUT2D eigenvalue weighted by Crippen LogP contribution is 2.17. The Bertz CT molecular complexity index is 606. The molecule has 0 aliphatic heterocycles. The van der Waals surface area contributed by atoms with Gasteiger partial charge < -0.3 is 0 Å². The second-order valence-corrected chi connectivity index (χ2v) is 6.94. The molecule has 2 rings (SSSR count). The molecule has 0 fully saturated rings.